The van der Waals surface area contributed by atoms with Crippen LogP contribution in [0.3, 0.4) is 0 Å². The van der Waals surface area contributed by atoms with Crippen molar-refractivity contribution in [1.82, 2.24) is 39.9 Å². The lowest BCUT2D eigenvalue weighted by molar-refractivity contribution is 0.212. The predicted octanol–water partition coefficient (Wildman–Crippen LogP) is 0.918. The summed E-state index contributed by atoms with van der Waals surface area (Å²) in [5, 5.41) is 16.4. The normalized spacial score (nSPS) is 18.5. The van der Waals surface area contributed by atoms with E-state index in [1.807, 2.05) is 39.7 Å². The molecule has 0 spiro atoms. The number of likely N-dealkylation sites (tertiary alicyclic amines) is 1. The zero-order chi connectivity index (χ0) is 15.5. The summed E-state index contributed by atoms with van der Waals surface area (Å²) in [6.45, 7) is 2.65. The third-order valence-corrected chi connectivity index (χ3v) is 4.24. The van der Waals surface area contributed by atoms with Crippen LogP contribution in [-0.4, -0.2) is 52.5 Å². The highest BCUT2D eigenvalue weighted by molar-refractivity contribution is 5.30. The molecule has 1 aliphatic rings. The Labute approximate surface area is 133 Å². The van der Waals surface area contributed by atoms with Crippen LogP contribution in [0.4, 0.5) is 0 Å². The molecule has 118 valence electrons. The summed E-state index contributed by atoms with van der Waals surface area (Å²) in [6.07, 6.45) is 5.69. The van der Waals surface area contributed by atoms with E-state index in [2.05, 4.69) is 30.5 Å². The number of tetrazole rings is 1. The van der Waals surface area contributed by atoms with Crippen LogP contribution < -0.4 is 0 Å². The van der Waals surface area contributed by atoms with E-state index in [1.54, 1.807) is 12.7 Å². The molecule has 1 aliphatic heterocycles. The van der Waals surface area contributed by atoms with Crippen LogP contribution in [0.25, 0.3) is 5.69 Å². The fraction of sp³-hybridized carbons (Fsp3) is 0.400. The van der Waals surface area contributed by atoms with Gasteiger partial charge in [0.15, 0.2) is 5.82 Å². The van der Waals surface area contributed by atoms with Gasteiger partial charge in [-0.2, -0.15) is 9.78 Å². The molecule has 8 nitrogen and oxygen atoms in total. The molecular weight excluding hydrogens is 292 g/mol. The Bertz CT molecular complexity index is 736. The first-order valence-electron chi connectivity index (χ1n) is 7.79. The number of rotatable bonds is 5. The van der Waals surface area contributed by atoms with Gasteiger partial charge >= 0.3 is 0 Å². The second-order valence-corrected chi connectivity index (χ2v) is 5.73. The van der Waals surface area contributed by atoms with E-state index < -0.39 is 0 Å². The Hall–Kier alpha value is -2.61. The zero-order valence-corrected chi connectivity index (χ0v) is 12.7. The topological polar surface area (TPSA) is 77.5 Å². The number of aromatic nitrogens is 7. The lowest BCUT2D eigenvalue weighted by atomic mass is 10.2. The number of benzene rings is 1. The smallest absolute Gasteiger partial charge is 0.170 e. The standard InChI is InChI=1S/C15H18N8/c1-2-5-13(6-3-1)23-15(18-19-20-23)10-21-8-4-7-14(21)9-22-12-16-11-17-22/h1-3,5-6,11-12,14H,4,7-10H2/t14-/m1/s1. The molecule has 3 aromatic rings. The number of nitrogens with zero attached hydrogens (tertiary/aromatic N) is 8. The molecule has 3 heterocycles. The number of para-hydroxylation sites is 1. The van der Waals surface area contributed by atoms with Crippen molar-refractivity contribution in [2.24, 2.45) is 0 Å². The van der Waals surface area contributed by atoms with E-state index >= 15 is 0 Å². The molecule has 1 saturated heterocycles. The third kappa shape index (κ3) is 2.98. The van der Waals surface area contributed by atoms with E-state index in [9.17, 15) is 0 Å². The van der Waals surface area contributed by atoms with Crippen LogP contribution >= 0.6 is 0 Å². The van der Waals surface area contributed by atoms with Gasteiger partial charge < -0.3 is 0 Å². The summed E-state index contributed by atoms with van der Waals surface area (Å²) >= 11 is 0. The monoisotopic (exact) mass is 310 g/mol. The van der Waals surface area contributed by atoms with Gasteiger partial charge in [-0.05, 0) is 41.9 Å². The van der Waals surface area contributed by atoms with Gasteiger partial charge in [-0.15, -0.1) is 5.10 Å². The maximum atomic E-state index is 4.21. The van der Waals surface area contributed by atoms with Crippen molar-refractivity contribution in [2.75, 3.05) is 6.54 Å². The van der Waals surface area contributed by atoms with E-state index in [1.165, 1.54) is 6.42 Å². The van der Waals surface area contributed by atoms with Gasteiger partial charge in [-0.25, -0.2) is 4.98 Å². The van der Waals surface area contributed by atoms with Gasteiger partial charge in [0, 0.05) is 6.04 Å². The summed E-state index contributed by atoms with van der Waals surface area (Å²) < 4.78 is 3.70. The van der Waals surface area contributed by atoms with E-state index in [4.69, 9.17) is 0 Å². The van der Waals surface area contributed by atoms with E-state index in [0.29, 0.717) is 6.04 Å². The molecule has 1 aromatic carbocycles. The van der Waals surface area contributed by atoms with Crippen LogP contribution in [0.2, 0.25) is 0 Å². The molecular formula is C15H18N8. The van der Waals surface area contributed by atoms with Gasteiger partial charge in [0.1, 0.15) is 12.7 Å². The second kappa shape index (κ2) is 6.25. The molecule has 0 aliphatic carbocycles. The van der Waals surface area contributed by atoms with Crippen LogP contribution in [0.15, 0.2) is 43.0 Å². The van der Waals surface area contributed by atoms with Crippen molar-refractivity contribution in [3.63, 3.8) is 0 Å². The minimum absolute atomic E-state index is 0.442. The Morgan fingerprint density at radius 1 is 1.17 bits per heavy atom. The zero-order valence-electron chi connectivity index (χ0n) is 12.7. The Balaban J connectivity index is 1.51. The molecule has 0 unspecified atom stereocenters. The maximum absolute atomic E-state index is 4.21. The van der Waals surface area contributed by atoms with Crippen molar-refractivity contribution in [2.45, 2.75) is 32.0 Å². The molecule has 0 amide bonds. The quantitative estimate of drug-likeness (QED) is 0.697. The highest BCUT2D eigenvalue weighted by Crippen LogP contribution is 2.21. The van der Waals surface area contributed by atoms with Crippen molar-refractivity contribution in [3.8, 4) is 5.69 Å². The SMILES string of the molecule is c1ccc(-n2nnnc2CN2CCC[C@@H]2Cn2cncn2)cc1. The minimum atomic E-state index is 0.442. The van der Waals surface area contributed by atoms with Crippen LogP contribution in [0, 0.1) is 0 Å². The Morgan fingerprint density at radius 2 is 2.09 bits per heavy atom. The maximum Gasteiger partial charge on any atom is 0.170 e. The summed E-state index contributed by atoms with van der Waals surface area (Å²) in [5.41, 5.74) is 0.986. The second-order valence-electron chi connectivity index (χ2n) is 5.73. The Morgan fingerprint density at radius 3 is 2.91 bits per heavy atom. The van der Waals surface area contributed by atoms with Crippen LogP contribution in [-0.2, 0) is 13.1 Å². The van der Waals surface area contributed by atoms with E-state index in [0.717, 1.165) is 37.6 Å². The van der Waals surface area contributed by atoms with Crippen molar-refractivity contribution in [3.05, 3.63) is 48.8 Å². The van der Waals surface area contributed by atoms with Crippen molar-refractivity contribution in [1.29, 1.82) is 0 Å². The average molecular weight is 310 g/mol. The molecule has 0 saturated carbocycles. The lowest BCUT2D eigenvalue weighted by Crippen LogP contribution is -2.33. The van der Waals surface area contributed by atoms with Crippen molar-refractivity contribution < 1.29 is 0 Å². The van der Waals surface area contributed by atoms with Gasteiger partial charge in [-0.3, -0.25) is 9.58 Å². The number of hydrogen-bond acceptors (Lipinski definition) is 6. The summed E-state index contributed by atoms with van der Waals surface area (Å²) in [4.78, 5) is 6.44. The molecule has 1 atom stereocenters. The highest BCUT2D eigenvalue weighted by Gasteiger charge is 2.27. The highest BCUT2D eigenvalue weighted by atomic mass is 15.5. The van der Waals surface area contributed by atoms with Gasteiger partial charge in [0.05, 0.1) is 18.8 Å². The fourth-order valence-electron chi connectivity index (χ4n) is 3.11. The first-order valence-corrected chi connectivity index (χ1v) is 7.79. The lowest BCUT2D eigenvalue weighted by Gasteiger charge is -2.23. The molecule has 8 heteroatoms. The summed E-state index contributed by atoms with van der Waals surface area (Å²) in [6, 6.07) is 10.4. The molecule has 23 heavy (non-hydrogen) atoms. The third-order valence-electron chi connectivity index (χ3n) is 4.24. The summed E-state index contributed by atoms with van der Waals surface area (Å²) in [7, 11) is 0. The van der Waals surface area contributed by atoms with Gasteiger partial charge in [0.2, 0.25) is 0 Å². The minimum Gasteiger partial charge on any atom is -0.291 e. The van der Waals surface area contributed by atoms with Gasteiger partial charge in [0.25, 0.3) is 0 Å². The predicted molar refractivity (Wildman–Crippen MR) is 82.6 cm³/mol. The Kier molecular flexibility index (Phi) is 3.81. The molecule has 2 aromatic heterocycles. The average Bonchev–Trinajstić information content (AvgIpc) is 3.32. The summed E-state index contributed by atoms with van der Waals surface area (Å²) in [5.74, 6) is 0.863. The first-order chi connectivity index (χ1) is 11.4. The fourth-order valence-corrected chi connectivity index (χ4v) is 3.11. The molecule has 0 N–H and O–H groups in total. The molecule has 0 bridgehead atoms. The molecule has 1 fully saturated rings. The number of hydrogen-bond donors (Lipinski definition) is 0. The largest absolute Gasteiger partial charge is 0.291 e. The first kappa shape index (κ1) is 14.0. The van der Waals surface area contributed by atoms with Crippen molar-refractivity contribution >= 4 is 0 Å². The van der Waals surface area contributed by atoms with E-state index in [-0.39, 0.29) is 0 Å². The molecule has 0 radical (unpaired) electrons. The van der Waals surface area contributed by atoms with Crippen LogP contribution in [0.5, 0.6) is 0 Å². The molecule has 4 rings (SSSR count). The van der Waals surface area contributed by atoms with Crippen LogP contribution in [0.1, 0.15) is 18.7 Å². The van der Waals surface area contributed by atoms with Gasteiger partial charge in [-0.1, -0.05) is 18.2 Å².